The third-order valence-electron chi connectivity index (χ3n) is 9.42. The summed E-state index contributed by atoms with van der Waals surface area (Å²) in [5.41, 5.74) is 1.72. The van der Waals surface area contributed by atoms with Gasteiger partial charge in [-0.2, -0.15) is 0 Å². The van der Waals surface area contributed by atoms with Crippen LogP contribution in [0.15, 0.2) is 11.6 Å². The van der Waals surface area contributed by atoms with Crippen LogP contribution in [0.5, 0.6) is 0 Å². The van der Waals surface area contributed by atoms with Crippen molar-refractivity contribution in [2.75, 3.05) is 0 Å². The summed E-state index contributed by atoms with van der Waals surface area (Å²) in [7, 11) is 0. The van der Waals surface area contributed by atoms with E-state index >= 15 is 0 Å². The smallest absolute Gasteiger partial charge is 0.309 e. The van der Waals surface area contributed by atoms with Gasteiger partial charge in [0.2, 0.25) is 0 Å². The number of allylic oxidation sites excluding steroid dienone is 1. The molecule has 28 heavy (non-hydrogen) atoms. The molecule has 0 aromatic carbocycles. The third-order valence-corrected chi connectivity index (χ3v) is 9.42. The van der Waals surface area contributed by atoms with Gasteiger partial charge < -0.3 is 4.74 Å². The number of hydrogen-bond donors (Lipinski definition) is 0. The van der Waals surface area contributed by atoms with Crippen LogP contribution in [0.3, 0.4) is 0 Å². The van der Waals surface area contributed by atoms with Gasteiger partial charge in [-0.3, -0.25) is 9.59 Å². The van der Waals surface area contributed by atoms with Crippen LogP contribution in [0.25, 0.3) is 0 Å². The van der Waals surface area contributed by atoms with E-state index in [0.717, 1.165) is 44.9 Å². The Labute approximate surface area is 170 Å². The summed E-state index contributed by atoms with van der Waals surface area (Å²) in [5.74, 6) is 2.72. The van der Waals surface area contributed by atoms with Gasteiger partial charge in [0, 0.05) is 18.3 Å². The number of rotatable bonds is 3. The van der Waals surface area contributed by atoms with Crippen molar-refractivity contribution in [2.45, 2.75) is 92.1 Å². The summed E-state index contributed by atoms with van der Waals surface area (Å²) in [4.78, 5) is 25.0. The quantitative estimate of drug-likeness (QED) is 0.460. The molecular weight excluding hydrogens is 348 g/mol. The summed E-state index contributed by atoms with van der Waals surface area (Å²) < 4.78 is 5.92. The van der Waals surface area contributed by atoms with E-state index in [1.165, 1.54) is 12.0 Å². The summed E-state index contributed by atoms with van der Waals surface area (Å²) in [6.07, 6.45) is 10.8. The first-order chi connectivity index (χ1) is 13.2. The second-order valence-electron chi connectivity index (χ2n) is 11.0. The molecule has 3 fully saturated rings. The minimum absolute atomic E-state index is 0.0317. The minimum atomic E-state index is -0.0530. The van der Waals surface area contributed by atoms with Gasteiger partial charge in [-0.05, 0) is 67.6 Å². The average molecular weight is 387 g/mol. The second kappa shape index (κ2) is 6.99. The molecule has 4 aliphatic rings. The molecule has 0 aromatic rings. The number of ether oxygens (including phenoxy) is 1. The van der Waals surface area contributed by atoms with Crippen LogP contribution >= 0.6 is 0 Å². The van der Waals surface area contributed by atoms with Gasteiger partial charge in [-0.15, -0.1) is 0 Å². The highest BCUT2D eigenvalue weighted by atomic mass is 16.5. The number of esters is 1. The number of hydrogen-bond acceptors (Lipinski definition) is 3. The van der Waals surface area contributed by atoms with Crippen molar-refractivity contribution in [3.63, 3.8) is 0 Å². The molecule has 4 rings (SSSR count). The zero-order valence-electron chi connectivity index (χ0n) is 18.4. The van der Waals surface area contributed by atoms with Gasteiger partial charge in [0.05, 0.1) is 5.92 Å². The minimum Gasteiger partial charge on any atom is -0.462 e. The molecule has 0 aliphatic heterocycles. The highest BCUT2D eigenvalue weighted by Crippen LogP contribution is 2.64. The SMILES string of the molecule is CC(C)C(C)C(=O)OC1CCC2(C)C(=CCC3[C@@H]4CCC(=O)C4(C)CC[C@@H]32)C1. The number of carbonyl (C=O) groups is 2. The van der Waals surface area contributed by atoms with Gasteiger partial charge in [0.1, 0.15) is 11.9 Å². The van der Waals surface area contributed by atoms with Crippen molar-refractivity contribution in [3.8, 4) is 0 Å². The molecule has 3 heteroatoms. The lowest BCUT2D eigenvalue weighted by atomic mass is 9.48. The molecule has 7 atom stereocenters. The Morgan fingerprint density at radius 2 is 1.75 bits per heavy atom. The Balaban J connectivity index is 1.49. The maximum atomic E-state index is 12.6. The molecule has 3 nitrogen and oxygen atoms in total. The van der Waals surface area contributed by atoms with E-state index < -0.39 is 0 Å². The van der Waals surface area contributed by atoms with Gasteiger partial charge in [0.15, 0.2) is 0 Å². The van der Waals surface area contributed by atoms with Crippen LogP contribution in [-0.2, 0) is 14.3 Å². The van der Waals surface area contributed by atoms with Crippen molar-refractivity contribution < 1.29 is 14.3 Å². The Morgan fingerprint density at radius 3 is 2.46 bits per heavy atom. The molecule has 0 N–H and O–H groups in total. The van der Waals surface area contributed by atoms with Crippen molar-refractivity contribution in [2.24, 2.45) is 40.4 Å². The highest BCUT2D eigenvalue weighted by molar-refractivity contribution is 5.87. The molecule has 0 aromatic heterocycles. The summed E-state index contributed by atoms with van der Waals surface area (Å²) in [5, 5.41) is 0. The van der Waals surface area contributed by atoms with Gasteiger partial charge in [0.25, 0.3) is 0 Å². The van der Waals surface area contributed by atoms with Crippen LogP contribution in [-0.4, -0.2) is 17.9 Å². The molecule has 0 spiro atoms. The van der Waals surface area contributed by atoms with Crippen molar-refractivity contribution in [1.29, 1.82) is 0 Å². The van der Waals surface area contributed by atoms with E-state index in [2.05, 4.69) is 33.8 Å². The second-order valence-corrected chi connectivity index (χ2v) is 11.0. The lowest BCUT2D eigenvalue weighted by Crippen LogP contribution is -2.50. The van der Waals surface area contributed by atoms with E-state index in [-0.39, 0.29) is 28.8 Å². The van der Waals surface area contributed by atoms with Crippen LogP contribution in [0, 0.1) is 40.4 Å². The molecule has 0 saturated heterocycles. The monoisotopic (exact) mass is 386 g/mol. The largest absolute Gasteiger partial charge is 0.462 e. The topological polar surface area (TPSA) is 43.4 Å². The summed E-state index contributed by atoms with van der Waals surface area (Å²) in [6, 6.07) is 0. The van der Waals surface area contributed by atoms with Gasteiger partial charge in [-0.1, -0.05) is 46.3 Å². The van der Waals surface area contributed by atoms with E-state index in [4.69, 9.17) is 4.74 Å². The first-order valence-corrected chi connectivity index (χ1v) is 11.6. The van der Waals surface area contributed by atoms with Crippen molar-refractivity contribution in [3.05, 3.63) is 11.6 Å². The number of fused-ring (bicyclic) bond motifs is 5. The molecule has 0 radical (unpaired) electrons. The van der Waals surface area contributed by atoms with Gasteiger partial charge in [-0.25, -0.2) is 0 Å². The van der Waals surface area contributed by atoms with Crippen molar-refractivity contribution >= 4 is 11.8 Å². The Morgan fingerprint density at radius 1 is 1.07 bits per heavy atom. The zero-order chi connectivity index (χ0) is 20.3. The molecule has 0 bridgehead atoms. The van der Waals surface area contributed by atoms with E-state index in [1.807, 2.05) is 6.92 Å². The standard InChI is InChI=1S/C25H38O3/c1-15(2)16(3)23(27)28-18-10-12-24(4)17(14-18)6-7-19-20-8-9-22(26)25(20,5)13-11-21(19)24/h6,15-16,18-21H,7-14H2,1-5H3/t16?,18?,19?,20-,21-,24?,25?/m0/s1. The predicted octanol–water partition coefficient (Wildman–Crippen LogP) is 5.72. The molecular formula is C25H38O3. The fourth-order valence-electron chi connectivity index (χ4n) is 7.04. The zero-order valence-corrected chi connectivity index (χ0v) is 18.4. The number of ketones is 1. The molecule has 0 heterocycles. The first-order valence-electron chi connectivity index (χ1n) is 11.6. The van der Waals surface area contributed by atoms with Gasteiger partial charge >= 0.3 is 5.97 Å². The molecule has 5 unspecified atom stereocenters. The van der Waals surface area contributed by atoms with Crippen LogP contribution in [0.2, 0.25) is 0 Å². The Bertz CT molecular complexity index is 692. The Kier molecular flexibility index (Phi) is 5.03. The fraction of sp³-hybridized carbons (Fsp3) is 0.840. The fourth-order valence-corrected chi connectivity index (χ4v) is 7.04. The molecule has 3 saturated carbocycles. The lowest BCUT2D eigenvalue weighted by molar-refractivity contribution is -0.157. The highest BCUT2D eigenvalue weighted by Gasteiger charge is 2.58. The van der Waals surface area contributed by atoms with E-state index in [1.54, 1.807) is 0 Å². The van der Waals surface area contributed by atoms with E-state index in [9.17, 15) is 9.59 Å². The Hall–Kier alpha value is -1.12. The molecule has 0 amide bonds. The third kappa shape index (κ3) is 2.99. The predicted molar refractivity (Wildman–Crippen MR) is 111 cm³/mol. The van der Waals surface area contributed by atoms with Crippen LogP contribution < -0.4 is 0 Å². The summed E-state index contributed by atoms with van der Waals surface area (Å²) in [6.45, 7) is 10.9. The molecule has 4 aliphatic carbocycles. The first kappa shape index (κ1) is 20.2. The number of carbonyl (C=O) groups excluding carboxylic acids is 2. The van der Waals surface area contributed by atoms with Crippen LogP contribution in [0.1, 0.15) is 86.0 Å². The summed E-state index contributed by atoms with van der Waals surface area (Å²) >= 11 is 0. The normalized spacial score (nSPS) is 43.6. The maximum absolute atomic E-state index is 12.6. The average Bonchev–Trinajstić information content (AvgIpc) is 2.96. The lowest BCUT2D eigenvalue weighted by Gasteiger charge is -2.56. The van der Waals surface area contributed by atoms with E-state index in [0.29, 0.717) is 29.5 Å². The van der Waals surface area contributed by atoms with Crippen LogP contribution in [0.4, 0.5) is 0 Å². The maximum Gasteiger partial charge on any atom is 0.309 e. The number of Topliss-reactive ketones (excluding diaryl/α,β-unsaturated/α-hetero) is 1. The van der Waals surface area contributed by atoms with Crippen molar-refractivity contribution in [1.82, 2.24) is 0 Å². The molecule has 156 valence electrons.